The van der Waals surface area contributed by atoms with Crippen LogP contribution in [0.2, 0.25) is 10.0 Å². The molecule has 9 heteroatoms. The third kappa shape index (κ3) is 7.09. The molecule has 2 aromatic rings. The van der Waals surface area contributed by atoms with Crippen LogP contribution in [0, 0.1) is 0 Å². The van der Waals surface area contributed by atoms with E-state index in [1.54, 1.807) is 30.3 Å². The van der Waals surface area contributed by atoms with Crippen molar-refractivity contribution >= 4 is 41.2 Å². The van der Waals surface area contributed by atoms with Crippen LogP contribution in [0.4, 0.5) is 0 Å². The summed E-state index contributed by atoms with van der Waals surface area (Å²) in [6, 6.07) is 10.4. The molecule has 0 aliphatic carbocycles. The number of hydrazone groups is 1. The Morgan fingerprint density at radius 1 is 1.07 bits per heavy atom. The van der Waals surface area contributed by atoms with E-state index in [1.165, 1.54) is 12.3 Å². The quantitative estimate of drug-likeness (QED) is 0.264. The predicted molar refractivity (Wildman–Crippen MR) is 117 cm³/mol. The van der Waals surface area contributed by atoms with Gasteiger partial charge in [-0.3, -0.25) is 9.59 Å². The van der Waals surface area contributed by atoms with Crippen molar-refractivity contribution in [1.82, 2.24) is 10.7 Å². The van der Waals surface area contributed by atoms with Crippen molar-refractivity contribution in [2.24, 2.45) is 5.10 Å². The monoisotopic (exact) mass is 449 g/mol. The molecule has 0 aromatic heterocycles. The van der Waals surface area contributed by atoms with Crippen molar-refractivity contribution in [1.29, 1.82) is 0 Å². The van der Waals surface area contributed by atoms with Crippen LogP contribution < -0.4 is 20.2 Å². The molecule has 2 rings (SSSR count). The van der Waals surface area contributed by atoms with Gasteiger partial charge in [0.1, 0.15) is 6.61 Å². The van der Waals surface area contributed by atoms with E-state index in [0.717, 1.165) is 5.56 Å². The number of nitrogens with one attached hydrogen (secondary N) is 2. The molecule has 0 fully saturated rings. The van der Waals surface area contributed by atoms with Gasteiger partial charge in [0, 0.05) is 6.54 Å². The highest BCUT2D eigenvalue weighted by Gasteiger charge is 2.11. The third-order valence-electron chi connectivity index (χ3n) is 3.64. The van der Waals surface area contributed by atoms with E-state index in [4.69, 9.17) is 32.7 Å². The number of rotatable bonds is 9. The fourth-order valence-electron chi connectivity index (χ4n) is 2.24. The van der Waals surface area contributed by atoms with Gasteiger partial charge in [-0.15, -0.1) is 6.58 Å². The Kier molecular flexibility index (Phi) is 9.18. The maximum atomic E-state index is 11.6. The zero-order valence-electron chi connectivity index (χ0n) is 16.3. The Bertz CT molecular complexity index is 948. The summed E-state index contributed by atoms with van der Waals surface area (Å²) in [5, 5.41) is 7.06. The minimum Gasteiger partial charge on any atom is -0.490 e. The lowest BCUT2D eigenvalue weighted by Crippen LogP contribution is -2.37. The Labute approximate surface area is 184 Å². The number of carbonyl (C=O) groups excluding carboxylic acids is 2. The highest BCUT2D eigenvalue weighted by molar-refractivity contribution is 6.42. The van der Waals surface area contributed by atoms with Gasteiger partial charge >= 0.3 is 11.8 Å². The lowest BCUT2D eigenvalue weighted by atomic mass is 10.2. The van der Waals surface area contributed by atoms with Crippen LogP contribution in [0.1, 0.15) is 18.1 Å². The molecule has 0 aliphatic heterocycles. The van der Waals surface area contributed by atoms with E-state index in [1.807, 2.05) is 13.0 Å². The van der Waals surface area contributed by atoms with Crippen molar-refractivity contribution in [2.75, 3.05) is 13.2 Å². The smallest absolute Gasteiger partial charge is 0.329 e. The van der Waals surface area contributed by atoms with Crippen LogP contribution >= 0.6 is 23.2 Å². The maximum absolute atomic E-state index is 11.6. The summed E-state index contributed by atoms with van der Waals surface area (Å²) < 4.78 is 11.5. The molecular formula is C21H21Cl2N3O4. The molecule has 0 atom stereocenters. The van der Waals surface area contributed by atoms with Crippen molar-refractivity contribution in [2.45, 2.75) is 13.5 Å². The molecule has 0 spiro atoms. The van der Waals surface area contributed by atoms with Crippen LogP contribution in [0.15, 0.2) is 54.2 Å². The summed E-state index contributed by atoms with van der Waals surface area (Å²) in [4.78, 5) is 23.1. The average molecular weight is 450 g/mol. The van der Waals surface area contributed by atoms with Gasteiger partial charge in [0.25, 0.3) is 0 Å². The molecule has 2 amide bonds. The summed E-state index contributed by atoms with van der Waals surface area (Å²) in [6.45, 7) is 6.21. The zero-order valence-corrected chi connectivity index (χ0v) is 17.8. The molecule has 158 valence electrons. The normalized spacial score (nSPS) is 10.5. The van der Waals surface area contributed by atoms with E-state index >= 15 is 0 Å². The number of carbonyl (C=O) groups is 2. The van der Waals surface area contributed by atoms with E-state index in [-0.39, 0.29) is 13.2 Å². The average Bonchev–Trinajstić information content (AvgIpc) is 2.74. The van der Waals surface area contributed by atoms with Crippen molar-refractivity contribution in [3.8, 4) is 11.5 Å². The number of halogens is 2. The van der Waals surface area contributed by atoms with E-state index < -0.39 is 11.8 Å². The van der Waals surface area contributed by atoms with Gasteiger partial charge in [-0.05, 0) is 48.4 Å². The Balaban J connectivity index is 2.02. The van der Waals surface area contributed by atoms with E-state index in [9.17, 15) is 9.59 Å². The number of hydrogen-bond donors (Lipinski definition) is 2. The summed E-state index contributed by atoms with van der Waals surface area (Å²) in [6.07, 6.45) is 2.86. The maximum Gasteiger partial charge on any atom is 0.329 e. The Morgan fingerprint density at radius 3 is 2.57 bits per heavy atom. The molecule has 0 aliphatic rings. The van der Waals surface area contributed by atoms with Crippen molar-refractivity contribution in [3.63, 3.8) is 0 Å². The first kappa shape index (κ1) is 23.3. The molecule has 0 heterocycles. The molecule has 30 heavy (non-hydrogen) atoms. The summed E-state index contributed by atoms with van der Waals surface area (Å²) in [7, 11) is 0. The molecule has 2 aromatic carbocycles. The lowest BCUT2D eigenvalue weighted by molar-refractivity contribution is -0.139. The molecule has 0 bridgehead atoms. The van der Waals surface area contributed by atoms with Crippen LogP contribution in [0.5, 0.6) is 11.5 Å². The number of nitrogens with zero attached hydrogens (tertiary/aromatic N) is 1. The first-order valence-corrected chi connectivity index (χ1v) is 9.75. The molecule has 0 radical (unpaired) electrons. The van der Waals surface area contributed by atoms with E-state index in [0.29, 0.717) is 33.7 Å². The molecule has 0 saturated carbocycles. The largest absolute Gasteiger partial charge is 0.490 e. The zero-order chi connectivity index (χ0) is 21.9. The SMILES string of the molecule is C=CCNC(=O)C(=O)N/N=C\c1ccc(OCc2ccc(Cl)c(Cl)c2)c(OCC)c1. The van der Waals surface area contributed by atoms with Crippen LogP contribution in [0.25, 0.3) is 0 Å². The minimum absolute atomic E-state index is 0.192. The molecule has 2 N–H and O–H groups in total. The molecular weight excluding hydrogens is 429 g/mol. The van der Waals surface area contributed by atoms with E-state index in [2.05, 4.69) is 22.4 Å². The fourth-order valence-corrected chi connectivity index (χ4v) is 2.57. The second kappa shape index (κ2) is 11.8. The summed E-state index contributed by atoms with van der Waals surface area (Å²) in [5.74, 6) is -0.628. The first-order valence-electron chi connectivity index (χ1n) is 9.00. The first-order chi connectivity index (χ1) is 14.4. The fraction of sp³-hybridized carbons (Fsp3) is 0.190. The number of ether oxygens (including phenoxy) is 2. The minimum atomic E-state index is -0.875. The number of hydrogen-bond acceptors (Lipinski definition) is 5. The third-order valence-corrected chi connectivity index (χ3v) is 4.38. The van der Waals surface area contributed by atoms with Gasteiger partial charge in [-0.2, -0.15) is 5.10 Å². The van der Waals surface area contributed by atoms with Gasteiger partial charge < -0.3 is 14.8 Å². The van der Waals surface area contributed by atoms with Gasteiger partial charge in [-0.1, -0.05) is 35.3 Å². The van der Waals surface area contributed by atoms with Gasteiger partial charge in [-0.25, -0.2) is 5.43 Å². The number of benzene rings is 2. The summed E-state index contributed by atoms with van der Waals surface area (Å²) >= 11 is 12.0. The molecule has 7 nitrogen and oxygen atoms in total. The molecule has 0 saturated heterocycles. The lowest BCUT2D eigenvalue weighted by Gasteiger charge is -2.13. The Hall–Kier alpha value is -3.03. The van der Waals surface area contributed by atoms with Gasteiger partial charge in [0.05, 0.1) is 22.9 Å². The van der Waals surface area contributed by atoms with Crippen LogP contribution in [0.3, 0.4) is 0 Å². The topological polar surface area (TPSA) is 89.0 Å². The van der Waals surface area contributed by atoms with Crippen LogP contribution in [-0.2, 0) is 16.2 Å². The van der Waals surface area contributed by atoms with Crippen LogP contribution in [-0.4, -0.2) is 31.2 Å². The Morgan fingerprint density at radius 2 is 1.87 bits per heavy atom. The van der Waals surface area contributed by atoms with Crippen molar-refractivity contribution in [3.05, 3.63) is 70.2 Å². The van der Waals surface area contributed by atoms with Gasteiger partial charge in [0.2, 0.25) is 0 Å². The number of amides is 2. The second-order valence-corrected chi connectivity index (χ2v) is 6.69. The second-order valence-electron chi connectivity index (χ2n) is 5.87. The highest BCUT2D eigenvalue weighted by atomic mass is 35.5. The standard InChI is InChI=1S/C21H21Cl2N3O4/c1-3-9-24-20(27)21(28)26-25-12-14-6-8-18(19(11-14)29-4-2)30-13-15-5-7-16(22)17(23)10-15/h3,5-8,10-12H,1,4,9,13H2,2H3,(H,24,27)(H,26,28)/b25-12-. The predicted octanol–water partition coefficient (Wildman–Crippen LogP) is 3.72. The highest BCUT2D eigenvalue weighted by Crippen LogP contribution is 2.29. The molecule has 0 unspecified atom stereocenters. The van der Waals surface area contributed by atoms with Crippen molar-refractivity contribution < 1.29 is 19.1 Å². The van der Waals surface area contributed by atoms with Gasteiger partial charge in [0.15, 0.2) is 11.5 Å². The summed E-state index contributed by atoms with van der Waals surface area (Å²) in [5.41, 5.74) is 3.65.